The minimum Gasteiger partial charge on any atom is -0.495 e. The summed E-state index contributed by atoms with van der Waals surface area (Å²) in [6.07, 6.45) is 2.08. The molecule has 2 fully saturated rings. The van der Waals surface area contributed by atoms with E-state index >= 15 is 0 Å². The van der Waals surface area contributed by atoms with Crippen LogP contribution in [-0.4, -0.2) is 43.0 Å². The molecule has 0 N–H and O–H groups in total. The molecule has 1 saturated heterocycles. The maximum Gasteiger partial charge on any atom is 0.229 e. The van der Waals surface area contributed by atoms with Crippen LogP contribution in [0.4, 0.5) is 5.69 Å². The number of amides is 2. The molecular weight excluding hydrogens is 294 g/mol. The number of hydrogen-bond acceptors (Lipinski definition) is 4. The second-order valence-electron chi connectivity index (χ2n) is 5.93. The first kappa shape index (κ1) is 15.3. The fourth-order valence-electron chi connectivity index (χ4n) is 3.04. The van der Waals surface area contributed by atoms with E-state index in [0.29, 0.717) is 18.0 Å². The van der Waals surface area contributed by atoms with Crippen molar-refractivity contribution < 1.29 is 14.3 Å². The Morgan fingerprint density at radius 3 is 2.83 bits per heavy atom. The average Bonchev–Trinajstić information content (AvgIpc) is 3.34. The summed E-state index contributed by atoms with van der Waals surface area (Å²) in [4.78, 5) is 28.3. The van der Waals surface area contributed by atoms with Gasteiger partial charge in [-0.1, -0.05) is 12.1 Å². The molecule has 2 aliphatic rings. The van der Waals surface area contributed by atoms with E-state index in [2.05, 4.69) is 6.07 Å². The molecule has 120 valence electrons. The van der Waals surface area contributed by atoms with Gasteiger partial charge in [0.2, 0.25) is 11.8 Å². The van der Waals surface area contributed by atoms with E-state index in [1.807, 2.05) is 18.2 Å². The van der Waals surface area contributed by atoms with Gasteiger partial charge in [-0.3, -0.25) is 9.59 Å². The Kier molecular flexibility index (Phi) is 4.20. The van der Waals surface area contributed by atoms with Crippen LogP contribution in [0.5, 0.6) is 5.75 Å². The van der Waals surface area contributed by atoms with Crippen molar-refractivity contribution in [3.63, 3.8) is 0 Å². The minimum absolute atomic E-state index is 0.0828. The van der Waals surface area contributed by atoms with Crippen molar-refractivity contribution in [1.82, 2.24) is 4.90 Å². The van der Waals surface area contributed by atoms with E-state index in [-0.39, 0.29) is 36.7 Å². The number of hydrogen-bond donors (Lipinski definition) is 0. The maximum absolute atomic E-state index is 12.7. The van der Waals surface area contributed by atoms with E-state index in [4.69, 9.17) is 10.00 Å². The zero-order valence-electron chi connectivity index (χ0n) is 13.1. The Hall–Kier alpha value is -2.55. The predicted molar refractivity (Wildman–Crippen MR) is 83.8 cm³/mol. The summed E-state index contributed by atoms with van der Waals surface area (Å²) in [5, 5.41) is 8.92. The molecule has 1 heterocycles. The molecule has 1 aliphatic carbocycles. The van der Waals surface area contributed by atoms with Crippen molar-refractivity contribution in [2.45, 2.75) is 25.3 Å². The number of rotatable bonds is 5. The van der Waals surface area contributed by atoms with E-state index in [9.17, 15) is 9.59 Å². The van der Waals surface area contributed by atoms with Crippen molar-refractivity contribution in [3.8, 4) is 11.8 Å². The lowest BCUT2D eigenvalue weighted by atomic mass is 10.1. The topological polar surface area (TPSA) is 73.6 Å². The third-order valence-corrected chi connectivity index (χ3v) is 4.36. The summed E-state index contributed by atoms with van der Waals surface area (Å²) in [5.74, 6) is 0.0618. The Morgan fingerprint density at radius 2 is 2.17 bits per heavy atom. The highest BCUT2D eigenvalue weighted by molar-refractivity contribution is 6.01. The summed E-state index contributed by atoms with van der Waals surface area (Å²) in [5.41, 5.74) is 0.688. The highest BCUT2D eigenvalue weighted by atomic mass is 16.5. The molecule has 1 atom stereocenters. The first-order chi connectivity index (χ1) is 11.2. The van der Waals surface area contributed by atoms with Gasteiger partial charge in [-0.15, -0.1) is 0 Å². The van der Waals surface area contributed by atoms with Crippen molar-refractivity contribution in [2.75, 3.05) is 25.1 Å². The molecule has 0 radical (unpaired) electrons. The van der Waals surface area contributed by atoms with Gasteiger partial charge in [-0.2, -0.15) is 5.26 Å². The van der Waals surface area contributed by atoms with Crippen LogP contribution in [0.3, 0.4) is 0 Å². The number of para-hydroxylation sites is 2. The first-order valence-corrected chi connectivity index (χ1v) is 7.76. The van der Waals surface area contributed by atoms with Crippen LogP contribution >= 0.6 is 0 Å². The smallest absolute Gasteiger partial charge is 0.229 e. The van der Waals surface area contributed by atoms with Gasteiger partial charge >= 0.3 is 0 Å². The quantitative estimate of drug-likeness (QED) is 0.773. The number of methoxy groups -OCH3 is 1. The fraction of sp³-hybridized carbons (Fsp3) is 0.471. The molecule has 1 aromatic carbocycles. The summed E-state index contributed by atoms with van der Waals surface area (Å²) >= 11 is 0. The number of nitrogens with zero attached hydrogens (tertiary/aromatic N) is 3. The van der Waals surface area contributed by atoms with Gasteiger partial charge < -0.3 is 14.5 Å². The van der Waals surface area contributed by atoms with Crippen LogP contribution in [0.2, 0.25) is 0 Å². The molecule has 3 rings (SSSR count). The molecule has 0 spiro atoms. The third kappa shape index (κ3) is 3.00. The van der Waals surface area contributed by atoms with Gasteiger partial charge in [0.15, 0.2) is 0 Å². The fourth-order valence-corrected chi connectivity index (χ4v) is 3.04. The lowest BCUT2D eigenvalue weighted by Gasteiger charge is -2.23. The summed E-state index contributed by atoms with van der Waals surface area (Å²) in [6, 6.07) is 9.52. The van der Waals surface area contributed by atoms with Crippen molar-refractivity contribution in [3.05, 3.63) is 24.3 Å². The molecule has 1 aliphatic heterocycles. The third-order valence-electron chi connectivity index (χ3n) is 4.36. The Bertz CT molecular complexity index is 663. The van der Waals surface area contributed by atoms with Gasteiger partial charge in [-0.05, 0) is 25.0 Å². The van der Waals surface area contributed by atoms with Crippen LogP contribution in [0, 0.1) is 17.2 Å². The first-order valence-electron chi connectivity index (χ1n) is 7.76. The molecule has 0 unspecified atom stereocenters. The maximum atomic E-state index is 12.7. The summed E-state index contributed by atoms with van der Waals surface area (Å²) < 4.78 is 5.30. The van der Waals surface area contributed by atoms with Crippen LogP contribution in [0.25, 0.3) is 0 Å². The summed E-state index contributed by atoms with van der Waals surface area (Å²) in [7, 11) is 1.56. The van der Waals surface area contributed by atoms with E-state index < -0.39 is 0 Å². The zero-order chi connectivity index (χ0) is 16.4. The molecular formula is C17H19N3O3. The second-order valence-corrected chi connectivity index (χ2v) is 5.93. The Balaban J connectivity index is 1.77. The largest absolute Gasteiger partial charge is 0.495 e. The molecule has 1 aromatic rings. The number of anilines is 1. The SMILES string of the molecule is COc1ccccc1N1C[C@H](C(=O)N(CC#N)C2CC2)CC1=O. The number of carbonyl (C=O) groups excluding carboxylic acids is 2. The molecule has 6 heteroatoms. The minimum atomic E-state index is -0.388. The lowest BCUT2D eigenvalue weighted by molar-refractivity contribution is -0.135. The predicted octanol–water partition coefficient (Wildman–Crippen LogP) is 1.56. The standard InChI is InChI=1S/C17H19N3O3/c1-23-15-5-3-2-4-14(15)20-11-12(10-16(20)21)17(22)19(9-8-18)13-6-7-13/h2-5,12-13H,6-7,9-11H2,1H3/t12-/m1/s1. The number of nitriles is 1. The van der Waals surface area contributed by atoms with Gasteiger partial charge in [0, 0.05) is 19.0 Å². The van der Waals surface area contributed by atoms with Crippen LogP contribution in [0.15, 0.2) is 24.3 Å². The number of benzene rings is 1. The molecule has 6 nitrogen and oxygen atoms in total. The van der Waals surface area contributed by atoms with E-state index in [1.165, 1.54) is 0 Å². The normalized spacial score (nSPS) is 20.3. The lowest BCUT2D eigenvalue weighted by Crippen LogP contribution is -2.39. The van der Waals surface area contributed by atoms with Crippen molar-refractivity contribution >= 4 is 17.5 Å². The molecule has 0 aromatic heterocycles. The highest BCUT2D eigenvalue weighted by Gasteiger charge is 2.41. The van der Waals surface area contributed by atoms with Gasteiger partial charge in [0.1, 0.15) is 12.3 Å². The summed E-state index contributed by atoms with van der Waals surface area (Å²) in [6.45, 7) is 0.440. The van der Waals surface area contributed by atoms with E-state index in [0.717, 1.165) is 12.8 Å². The second kappa shape index (κ2) is 6.29. The van der Waals surface area contributed by atoms with Crippen LogP contribution in [-0.2, 0) is 9.59 Å². The van der Waals surface area contributed by atoms with Crippen molar-refractivity contribution in [2.24, 2.45) is 5.92 Å². The van der Waals surface area contributed by atoms with E-state index in [1.54, 1.807) is 23.0 Å². The van der Waals surface area contributed by atoms with Gasteiger partial charge in [0.05, 0.1) is 24.8 Å². The van der Waals surface area contributed by atoms with Crippen LogP contribution < -0.4 is 9.64 Å². The number of carbonyl (C=O) groups is 2. The average molecular weight is 313 g/mol. The zero-order valence-corrected chi connectivity index (χ0v) is 13.1. The molecule has 2 amide bonds. The Labute approximate surface area is 135 Å². The van der Waals surface area contributed by atoms with Gasteiger partial charge in [-0.25, -0.2) is 0 Å². The number of ether oxygens (including phenoxy) is 1. The monoisotopic (exact) mass is 313 g/mol. The molecule has 23 heavy (non-hydrogen) atoms. The van der Waals surface area contributed by atoms with Crippen molar-refractivity contribution in [1.29, 1.82) is 5.26 Å². The molecule has 1 saturated carbocycles. The van der Waals surface area contributed by atoms with Crippen LogP contribution in [0.1, 0.15) is 19.3 Å². The van der Waals surface area contributed by atoms with Gasteiger partial charge in [0.25, 0.3) is 0 Å². The molecule has 0 bridgehead atoms. The Morgan fingerprint density at radius 1 is 1.43 bits per heavy atom. The highest BCUT2D eigenvalue weighted by Crippen LogP contribution is 2.35.